The molecule has 0 aliphatic rings. The molecule has 0 saturated carbocycles. The second kappa shape index (κ2) is 4.80. The van der Waals surface area contributed by atoms with Crippen LogP contribution >= 0.6 is 31.9 Å². The number of halogens is 2. The fourth-order valence-electron chi connectivity index (χ4n) is 0.943. The van der Waals surface area contributed by atoms with E-state index in [2.05, 4.69) is 31.9 Å². The van der Waals surface area contributed by atoms with Crippen LogP contribution in [0.2, 0.25) is 0 Å². The predicted octanol–water partition coefficient (Wildman–Crippen LogP) is 3.10. The molecule has 0 saturated heterocycles. The van der Waals surface area contributed by atoms with E-state index in [1.54, 1.807) is 0 Å². The van der Waals surface area contributed by atoms with Crippen LogP contribution in [-0.4, -0.2) is 6.54 Å². The van der Waals surface area contributed by atoms with Crippen molar-refractivity contribution in [3.8, 4) is 0 Å². The normalized spacial score (nSPS) is 9.58. The van der Waals surface area contributed by atoms with E-state index in [0.717, 1.165) is 14.5 Å². The molecular weight excluding hydrogens is 282 g/mol. The van der Waals surface area contributed by atoms with Gasteiger partial charge in [0.2, 0.25) is 0 Å². The largest absolute Gasteiger partial charge is 0.326 e. The summed E-state index contributed by atoms with van der Waals surface area (Å²) in [5, 5.41) is 0. The smallest absolute Gasteiger partial charge is 0.0654 e. The lowest BCUT2D eigenvalue weighted by Gasteiger charge is -2.04. The number of nitrogens with two attached hydrogens (primary N) is 1. The van der Waals surface area contributed by atoms with Gasteiger partial charge in [-0.3, -0.25) is 0 Å². The van der Waals surface area contributed by atoms with Gasteiger partial charge in [-0.15, -0.1) is 0 Å². The zero-order valence-electron chi connectivity index (χ0n) is 6.43. The van der Waals surface area contributed by atoms with E-state index in [4.69, 9.17) is 5.73 Å². The standard InChI is InChI=1S/C9H9Br2N/c10-9(11)8(6-12)7-4-2-1-3-5-7/h1-5H,6,12H2. The third-order valence-corrected chi connectivity index (χ3v) is 2.51. The Hall–Kier alpha value is -0.120. The second-order valence-corrected chi connectivity index (χ2v) is 4.96. The van der Waals surface area contributed by atoms with Gasteiger partial charge < -0.3 is 5.73 Å². The molecule has 1 aromatic rings. The summed E-state index contributed by atoms with van der Waals surface area (Å²) in [5.41, 5.74) is 7.81. The monoisotopic (exact) mass is 289 g/mol. The SMILES string of the molecule is NCC(=C(Br)Br)c1ccccc1. The maximum Gasteiger partial charge on any atom is 0.0654 e. The molecule has 1 rings (SSSR count). The van der Waals surface area contributed by atoms with Crippen LogP contribution < -0.4 is 5.73 Å². The summed E-state index contributed by atoms with van der Waals surface area (Å²) >= 11 is 6.71. The fraction of sp³-hybridized carbons (Fsp3) is 0.111. The predicted molar refractivity (Wildman–Crippen MR) is 60.3 cm³/mol. The minimum atomic E-state index is 0.524. The van der Waals surface area contributed by atoms with E-state index in [9.17, 15) is 0 Å². The maximum atomic E-state index is 5.59. The summed E-state index contributed by atoms with van der Waals surface area (Å²) in [6.45, 7) is 0.524. The van der Waals surface area contributed by atoms with Crippen molar-refractivity contribution in [2.75, 3.05) is 6.54 Å². The summed E-state index contributed by atoms with van der Waals surface area (Å²) in [5.74, 6) is 0. The Morgan fingerprint density at radius 2 is 1.75 bits per heavy atom. The van der Waals surface area contributed by atoms with E-state index in [1.165, 1.54) is 0 Å². The quantitative estimate of drug-likeness (QED) is 0.890. The van der Waals surface area contributed by atoms with Gasteiger partial charge in [0.05, 0.1) is 3.39 Å². The van der Waals surface area contributed by atoms with Crippen LogP contribution in [0, 0.1) is 0 Å². The van der Waals surface area contributed by atoms with Crippen LogP contribution in [0.15, 0.2) is 33.7 Å². The Kier molecular flexibility index (Phi) is 3.98. The van der Waals surface area contributed by atoms with E-state index < -0.39 is 0 Å². The maximum absolute atomic E-state index is 5.59. The van der Waals surface area contributed by atoms with Crippen molar-refractivity contribution < 1.29 is 0 Å². The van der Waals surface area contributed by atoms with Gasteiger partial charge in [0.25, 0.3) is 0 Å². The van der Waals surface area contributed by atoms with Gasteiger partial charge in [-0.25, -0.2) is 0 Å². The molecule has 0 bridgehead atoms. The third-order valence-electron chi connectivity index (χ3n) is 1.55. The van der Waals surface area contributed by atoms with Gasteiger partial charge >= 0.3 is 0 Å². The van der Waals surface area contributed by atoms with E-state index in [0.29, 0.717) is 6.54 Å². The Bertz CT molecular complexity index is 276. The molecule has 0 heterocycles. The van der Waals surface area contributed by atoms with Gasteiger partial charge in [-0.2, -0.15) is 0 Å². The second-order valence-electron chi connectivity index (χ2n) is 2.31. The van der Waals surface area contributed by atoms with Crippen LogP contribution in [0.1, 0.15) is 5.56 Å². The number of benzene rings is 1. The Morgan fingerprint density at radius 3 is 2.17 bits per heavy atom. The molecule has 0 atom stereocenters. The molecule has 0 aromatic heterocycles. The molecule has 0 amide bonds. The molecular formula is C9H9Br2N. The molecule has 0 fully saturated rings. The summed E-state index contributed by atoms with van der Waals surface area (Å²) in [4.78, 5) is 0. The first-order chi connectivity index (χ1) is 5.75. The molecule has 1 nitrogen and oxygen atoms in total. The molecule has 12 heavy (non-hydrogen) atoms. The Balaban J connectivity index is 3.05. The third kappa shape index (κ3) is 2.44. The average molecular weight is 291 g/mol. The molecule has 1 aromatic carbocycles. The van der Waals surface area contributed by atoms with Gasteiger partial charge in [0, 0.05) is 6.54 Å². The lowest BCUT2D eigenvalue weighted by atomic mass is 10.1. The molecule has 0 aliphatic heterocycles. The van der Waals surface area contributed by atoms with Crippen molar-refractivity contribution >= 4 is 37.4 Å². The molecule has 0 spiro atoms. The van der Waals surface area contributed by atoms with Gasteiger partial charge in [0.1, 0.15) is 0 Å². The summed E-state index contributed by atoms with van der Waals surface area (Å²) in [6.07, 6.45) is 0. The minimum absolute atomic E-state index is 0.524. The molecule has 0 unspecified atom stereocenters. The number of rotatable bonds is 2. The van der Waals surface area contributed by atoms with Crippen molar-refractivity contribution in [2.24, 2.45) is 5.73 Å². The first-order valence-electron chi connectivity index (χ1n) is 3.55. The highest BCUT2D eigenvalue weighted by atomic mass is 79.9. The van der Waals surface area contributed by atoms with E-state index >= 15 is 0 Å². The zero-order chi connectivity index (χ0) is 8.97. The Morgan fingerprint density at radius 1 is 1.17 bits per heavy atom. The van der Waals surface area contributed by atoms with Crippen LogP contribution in [0.5, 0.6) is 0 Å². The average Bonchev–Trinajstić information content (AvgIpc) is 2.07. The van der Waals surface area contributed by atoms with Crippen molar-refractivity contribution in [1.82, 2.24) is 0 Å². The van der Waals surface area contributed by atoms with Gasteiger partial charge in [-0.05, 0) is 43.0 Å². The highest BCUT2D eigenvalue weighted by molar-refractivity contribution is 9.28. The molecule has 64 valence electrons. The molecule has 0 radical (unpaired) electrons. The highest BCUT2D eigenvalue weighted by Gasteiger charge is 2.01. The first kappa shape index (κ1) is 9.96. The van der Waals surface area contributed by atoms with Crippen LogP contribution in [-0.2, 0) is 0 Å². The van der Waals surface area contributed by atoms with Crippen LogP contribution in [0.25, 0.3) is 5.57 Å². The topological polar surface area (TPSA) is 26.0 Å². The Labute approximate surface area is 88.9 Å². The summed E-state index contributed by atoms with van der Waals surface area (Å²) in [6, 6.07) is 10.0. The van der Waals surface area contributed by atoms with Gasteiger partial charge in [-0.1, -0.05) is 30.3 Å². The summed E-state index contributed by atoms with van der Waals surface area (Å²) < 4.78 is 0.920. The molecule has 2 N–H and O–H groups in total. The van der Waals surface area contributed by atoms with Crippen molar-refractivity contribution in [3.63, 3.8) is 0 Å². The zero-order valence-corrected chi connectivity index (χ0v) is 9.60. The van der Waals surface area contributed by atoms with Crippen LogP contribution in [0.3, 0.4) is 0 Å². The van der Waals surface area contributed by atoms with E-state index in [1.807, 2.05) is 30.3 Å². The lowest BCUT2D eigenvalue weighted by Crippen LogP contribution is -2.02. The molecule has 3 heteroatoms. The van der Waals surface area contributed by atoms with Gasteiger partial charge in [0.15, 0.2) is 0 Å². The number of hydrogen-bond donors (Lipinski definition) is 1. The van der Waals surface area contributed by atoms with Crippen molar-refractivity contribution in [2.45, 2.75) is 0 Å². The van der Waals surface area contributed by atoms with Crippen molar-refractivity contribution in [1.29, 1.82) is 0 Å². The van der Waals surface area contributed by atoms with Crippen molar-refractivity contribution in [3.05, 3.63) is 39.3 Å². The van der Waals surface area contributed by atoms with Crippen LogP contribution in [0.4, 0.5) is 0 Å². The molecule has 0 aliphatic carbocycles. The fourth-order valence-corrected chi connectivity index (χ4v) is 1.73. The highest BCUT2D eigenvalue weighted by Crippen LogP contribution is 2.25. The number of hydrogen-bond acceptors (Lipinski definition) is 1. The minimum Gasteiger partial charge on any atom is -0.326 e. The van der Waals surface area contributed by atoms with E-state index in [-0.39, 0.29) is 0 Å². The summed E-state index contributed by atoms with van der Waals surface area (Å²) in [7, 11) is 0. The lowest BCUT2D eigenvalue weighted by molar-refractivity contribution is 1.27. The first-order valence-corrected chi connectivity index (χ1v) is 5.14.